The minimum Gasteiger partial charge on any atom is -0.366 e. The number of amides is 2. The minimum absolute atomic E-state index is 0.221. The van der Waals surface area contributed by atoms with Crippen molar-refractivity contribution in [2.45, 2.75) is 6.54 Å². The fourth-order valence-electron chi connectivity index (χ4n) is 3.98. The second-order valence-corrected chi connectivity index (χ2v) is 8.02. The van der Waals surface area contributed by atoms with Crippen LogP contribution in [-0.4, -0.2) is 57.7 Å². The van der Waals surface area contributed by atoms with Gasteiger partial charge in [-0.25, -0.2) is 4.79 Å². The zero-order chi connectivity index (χ0) is 19.1. The van der Waals surface area contributed by atoms with Crippen molar-refractivity contribution in [2.24, 2.45) is 17.6 Å². The van der Waals surface area contributed by atoms with Crippen molar-refractivity contribution in [3.05, 3.63) is 51.8 Å². The van der Waals surface area contributed by atoms with Crippen LogP contribution in [0.2, 0.25) is 10.0 Å². The van der Waals surface area contributed by atoms with Crippen molar-refractivity contribution < 1.29 is 9.59 Å². The fraction of sp³-hybridized carbons (Fsp3) is 0.389. The molecule has 0 radical (unpaired) electrons. The largest absolute Gasteiger partial charge is 0.366 e. The van der Waals surface area contributed by atoms with E-state index >= 15 is 0 Å². The minimum atomic E-state index is -0.595. The van der Waals surface area contributed by atoms with Crippen LogP contribution in [0.15, 0.2) is 30.6 Å². The van der Waals surface area contributed by atoms with Crippen molar-refractivity contribution in [1.29, 1.82) is 0 Å². The summed E-state index contributed by atoms with van der Waals surface area (Å²) in [5, 5.41) is 5.35. The predicted molar refractivity (Wildman–Crippen MR) is 102 cm³/mol. The van der Waals surface area contributed by atoms with Crippen LogP contribution in [0, 0.1) is 11.8 Å². The summed E-state index contributed by atoms with van der Waals surface area (Å²) < 4.78 is 1.19. The summed E-state index contributed by atoms with van der Waals surface area (Å²) in [5.74, 6) is 0.235. The summed E-state index contributed by atoms with van der Waals surface area (Å²) in [5.41, 5.74) is 6.46. The molecule has 2 saturated heterocycles. The molecule has 0 bridgehead atoms. The van der Waals surface area contributed by atoms with Crippen molar-refractivity contribution in [2.75, 3.05) is 26.2 Å². The van der Waals surface area contributed by atoms with Gasteiger partial charge in [-0.15, -0.1) is 0 Å². The zero-order valence-corrected chi connectivity index (χ0v) is 16.0. The van der Waals surface area contributed by atoms with Crippen molar-refractivity contribution in [1.82, 2.24) is 19.6 Å². The Kier molecular flexibility index (Phi) is 4.84. The maximum Gasteiger partial charge on any atom is 0.344 e. The third kappa shape index (κ3) is 3.67. The van der Waals surface area contributed by atoms with Gasteiger partial charge in [0, 0.05) is 49.0 Å². The molecule has 27 heavy (non-hydrogen) atoms. The number of hydrogen-bond donors (Lipinski definition) is 1. The van der Waals surface area contributed by atoms with Crippen molar-refractivity contribution in [3.63, 3.8) is 0 Å². The van der Waals surface area contributed by atoms with Crippen LogP contribution in [0.4, 0.5) is 4.79 Å². The molecule has 2 aromatic rings. The third-order valence-electron chi connectivity index (χ3n) is 5.30. The number of carbonyl (C=O) groups is 2. The van der Waals surface area contributed by atoms with Gasteiger partial charge < -0.3 is 10.6 Å². The van der Waals surface area contributed by atoms with Crippen LogP contribution in [0.1, 0.15) is 15.9 Å². The average Bonchev–Trinajstić information content (AvgIpc) is 3.31. The van der Waals surface area contributed by atoms with Gasteiger partial charge in [0.25, 0.3) is 5.91 Å². The van der Waals surface area contributed by atoms with Crippen molar-refractivity contribution >= 4 is 35.1 Å². The molecule has 1 aromatic carbocycles. The SMILES string of the molecule is NC(=O)c1cnn(C(=O)N2CC3CN(Cc4cc(Cl)ccc4Cl)CC3C2)c1. The smallest absolute Gasteiger partial charge is 0.344 e. The molecule has 3 heterocycles. The monoisotopic (exact) mass is 407 g/mol. The number of fused-ring (bicyclic) bond motifs is 1. The van der Waals surface area contributed by atoms with E-state index in [2.05, 4.69) is 10.00 Å². The molecule has 2 amide bonds. The number of rotatable bonds is 3. The molecule has 2 unspecified atom stereocenters. The maximum absolute atomic E-state index is 12.6. The predicted octanol–water partition coefficient (Wildman–Crippen LogP) is 2.32. The number of benzene rings is 1. The number of halogens is 2. The number of hydrogen-bond acceptors (Lipinski definition) is 4. The van der Waals surface area contributed by atoms with Gasteiger partial charge in [0.1, 0.15) is 0 Å². The molecule has 7 nitrogen and oxygen atoms in total. The number of nitrogens with two attached hydrogens (primary N) is 1. The Bertz CT molecular complexity index is 886. The highest BCUT2D eigenvalue weighted by molar-refractivity contribution is 6.33. The molecule has 0 saturated carbocycles. The first-order chi connectivity index (χ1) is 12.9. The highest BCUT2D eigenvalue weighted by Gasteiger charge is 2.42. The number of aromatic nitrogens is 2. The Morgan fingerprint density at radius 3 is 2.48 bits per heavy atom. The highest BCUT2D eigenvalue weighted by atomic mass is 35.5. The van der Waals surface area contributed by atoms with E-state index in [4.69, 9.17) is 28.9 Å². The molecule has 142 valence electrons. The Hall–Kier alpha value is -2.09. The lowest BCUT2D eigenvalue weighted by molar-refractivity contribution is 0.100. The number of likely N-dealkylation sites (tertiary alicyclic amines) is 2. The van der Waals surface area contributed by atoms with Gasteiger partial charge in [-0.05, 0) is 35.6 Å². The van der Waals surface area contributed by atoms with Gasteiger partial charge in [-0.3, -0.25) is 9.69 Å². The van der Waals surface area contributed by atoms with E-state index in [1.165, 1.54) is 17.1 Å². The molecule has 9 heteroatoms. The number of primary amides is 1. The van der Waals surface area contributed by atoms with E-state index in [0.717, 1.165) is 30.2 Å². The molecule has 2 fully saturated rings. The summed E-state index contributed by atoms with van der Waals surface area (Å²) in [6.07, 6.45) is 2.69. The Balaban J connectivity index is 1.37. The van der Waals surface area contributed by atoms with Crippen LogP contribution in [0.3, 0.4) is 0 Å². The standard InChI is InChI=1S/C18H19Cl2N5O2/c19-15-1-2-16(20)11(3-15)5-23-6-13-8-24(9-14(13)7-23)18(27)25-10-12(4-22-25)17(21)26/h1-4,10,13-14H,5-9H2,(H2,21,26). The van der Waals surface area contributed by atoms with Crippen LogP contribution in [0.25, 0.3) is 0 Å². The topological polar surface area (TPSA) is 84.5 Å². The lowest BCUT2D eigenvalue weighted by Crippen LogP contribution is -2.36. The van der Waals surface area contributed by atoms with Gasteiger partial charge in [0.05, 0.1) is 11.8 Å². The Morgan fingerprint density at radius 2 is 1.85 bits per heavy atom. The Labute approximate surface area is 166 Å². The average molecular weight is 408 g/mol. The third-order valence-corrected chi connectivity index (χ3v) is 5.90. The maximum atomic E-state index is 12.6. The number of carbonyl (C=O) groups excluding carboxylic acids is 2. The van der Waals surface area contributed by atoms with Gasteiger partial charge in [0.15, 0.2) is 0 Å². The molecule has 0 spiro atoms. The van der Waals surface area contributed by atoms with E-state index in [1.807, 2.05) is 12.1 Å². The van der Waals surface area contributed by atoms with Crippen LogP contribution in [-0.2, 0) is 6.54 Å². The molecule has 2 aliphatic rings. The molecular weight excluding hydrogens is 389 g/mol. The van der Waals surface area contributed by atoms with Crippen LogP contribution >= 0.6 is 23.2 Å². The second kappa shape index (κ2) is 7.14. The summed E-state index contributed by atoms with van der Waals surface area (Å²) >= 11 is 12.3. The first kappa shape index (κ1) is 18.3. The van der Waals surface area contributed by atoms with Gasteiger partial charge in [-0.2, -0.15) is 9.78 Å². The normalized spacial score (nSPS) is 22.2. The number of nitrogens with zero attached hydrogens (tertiary/aromatic N) is 4. The molecule has 2 aliphatic heterocycles. The zero-order valence-electron chi connectivity index (χ0n) is 14.5. The molecule has 1 aromatic heterocycles. The van der Waals surface area contributed by atoms with E-state index in [0.29, 0.717) is 29.9 Å². The molecule has 4 rings (SSSR count). The summed E-state index contributed by atoms with van der Waals surface area (Å²) in [7, 11) is 0. The van der Waals surface area contributed by atoms with Crippen molar-refractivity contribution in [3.8, 4) is 0 Å². The quantitative estimate of drug-likeness (QED) is 0.845. The lowest BCUT2D eigenvalue weighted by atomic mass is 10.0. The first-order valence-corrected chi connectivity index (χ1v) is 9.46. The highest BCUT2D eigenvalue weighted by Crippen LogP contribution is 2.33. The summed E-state index contributed by atoms with van der Waals surface area (Å²) in [6, 6.07) is 5.29. The fourth-order valence-corrected chi connectivity index (χ4v) is 4.35. The van der Waals surface area contributed by atoms with E-state index < -0.39 is 5.91 Å². The van der Waals surface area contributed by atoms with E-state index in [9.17, 15) is 9.59 Å². The summed E-state index contributed by atoms with van der Waals surface area (Å²) in [4.78, 5) is 27.9. The molecule has 2 atom stereocenters. The first-order valence-electron chi connectivity index (χ1n) is 8.70. The molecular formula is C18H19Cl2N5O2. The van der Waals surface area contributed by atoms with Gasteiger partial charge >= 0.3 is 6.03 Å². The van der Waals surface area contributed by atoms with Crippen LogP contribution < -0.4 is 5.73 Å². The van der Waals surface area contributed by atoms with Gasteiger partial charge in [-0.1, -0.05) is 23.2 Å². The van der Waals surface area contributed by atoms with E-state index in [1.54, 1.807) is 11.0 Å². The summed E-state index contributed by atoms with van der Waals surface area (Å²) in [6.45, 7) is 3.91. The Morgan fingerprint density at radius 1 is 1.15 bits per heavy atom. The van der Waals surface area contributed by atoms with Crippen LogP contribution in [0.5, 0.6) is 0 Å². The van der Waals surface area contributed by atoms with E-state index in [-0.39, 0.29) is 11.6 Å². The van der Waals surface area contributed by atoms with Gasteiger partial charge in [0.2, 0.25) is 0 Å². The molecule has 2 N–H and O–H groups in total. The lowest BCUT2D eigenvalue weighted by Gasteiger charge is -2.21. The molecule has 0 aliphatic carbocycles. The second-order valence-electron chi connectivity index (χ2n) is 7.18.